The van der Waals surface area contributed by atoms with E-state index in [4.69, 9.17) is 15.7 Å². The third kappa shape index (κ3) is 4.28. The van der Waals surface area contributed by atoms with Crippen molar-refractivity contribution in [1.82, 2.24) is 4.98 Å². The Hall–Kier alpha value is -2.56. The standard InChI is InChI=1S/C15H17N3O2/c16-15(18-19)11-12-4-6-14(7-5-12)20-10-8-13-3-1-2-9-17-13/h1-7,9,19H,8,10-11H2,(H2,16,18). The molecule has 1 heterocycles. The number of hydrogen-bond acceptors (Lipinski definition) is 4. The Morgan fingerprint density at radius 3 is 2.65 bits per heavy atom. The SMILES string of the molecule is N/C(Cc1ccc(OCCc2ccccn2)cc1)=N\O. The number of rotatable bonds is 6. The minimum atomic E-state index is 0.189. The lowest BCUT2D eigenvalue weighted by atomic mass is 10.1. The predicted octanol–water partition coefficient (Wildman–Crippen LogP) is 1.99. The third-order valence-electron chi connectivity index (χ3n) is 2.79. The summed E-state index contributed by atoms with van der Waals surface area (Å²) in [6, 6.07) is 13.4. The van der Waals surface area contributed by atoms with Crippen molar-refractivity contribution in [3.8, 4) is 5.75 Å². The van der Waals surface area contributed by atoms with Gasteiger partial charge in [0, 0.05) is 24.7 Å². The first-order valence-electron chi connectivity index (χ1n) is 6.36. The van der Waals surface area contributed by atoms with Crippen LogP contribution in [0.25, 0.3) is 0 Å². The molecule has 0 bridgehead atoms. The van der Waals surface area contributed by atoms with E-state index in [-0.39, 0.29) is 5.84 Å². The molecule has 0 amide bonds. The molecule has 2 rings (SSSR count). The van der Waals surface area contributed by atoms with Gasteiger partial charge in [-0.1, -0.05) is 23.4 Å². The fourth-order valence-corrected chi connectivity index (χ4v) is 1.77. The number of nitrogens with zero attached hydrogens (tertiary/aromatic N) is 2. The second-order valence-corrected chi connectivity index (χ2v) is 4.33. The van der Waals surface area contributed by atoms with Crippen LogP contribution in [0.5, 0.6) is 5.75 Å². The molecule has 0 aliphatic rings. The molecule has 0 saturated heterocycles. The highest BCUT2D eigenvalue weighted by molar-refractivity contribution is 5.82. The van der Waals surface area contributed by atoms with Gasteiger partial charge in [-0.15, -0.1) is 0 Å². The van der Waals surface area contributed by atoms with Crippen molar-refractivity contribution in [1.29, 1.82) is 0 Å². The van der Waals surface area contributed by atoms with Gasteiger partial charge < -0.3 is 15.7 Å². The molecular weight excluding hydrogens is 254 g/mol. The lowest BCUT2D eigenvalue weighted by molar-refractivity contribution is 0.317. The smallest absolute Gasteiger partial charge is 0.143 e. The van der Waals surface area contributed by atoms with Gasteiger partial charge >= 0.3 is 0 Å². The average molecular weight is 271 g/mol. The second-order valence-electron chi connectivity index (χ2n) is 4.33. The van der Waals surface area contributed by atoms with Crippen molar-refractivity contribution >= 4 is 5.84 Å². The van der Waals surface area contributed by atoms with Crippen LogP contribution in [0, 0.1) is 0 Å². The number of hydrogen-bond donors (Lipinski definition) is 2. The Labute approximate surface area is 117 Å². The van der Waals surface area contributed by atoms with Gasteiger partial charge in [0.2, 0.25) is 0 Å². The van der Waals surface area contributed by atoms with E-state index >= 15 is 0 Å². The van der Waals surface area contributed by atoms with Crippen LogP contribution in [0.15, 0.2) is 53.8 Å². The summed E-state index contributed by atoms with van der Waals surface area (Å²) in [6.45, 7) is 0.580. The molecule has 104 valence electrons. The van der Waals surface area contributed by atoms with Crippen LogP contribution in [0.4, 0.5) is 0 Å². The number of ether oxygens (including phenoxy) is 1. The zero-order valence-corrected chi connectivity index (χ0v) is 11.1. The fraction of sp³-hybridized carbons (Fsp3) is 0.200. The van der Waals surface area contributed by atoms with E-state index < -0.39 is 0 Å². The highest BCUT2D eigenvalue weighted by Gasteiger charge is 1.99. The summed E-state index contributed by atoms with van der Waals surface area (Å²) >= 11 is 0. The molecular formula is C15H17N3O2. The predicted molar refractivity (Wildman–Crippen MR) is 77.0 cm³/mol. The molecule has 0 fully saturated rings. The third-order valence-corrected chi connectivity index (χ3v) is 2.79. The van der Waals surface area contributed by atoms with E-state index in [9.17, 15) is 0 Å². The molecule has 20 heavy (non-hydrogen) atoms. The van der Waals surface area contributed by atoms with Crippen molar-refractivity contribution in [3.05, 3.63) is 59.9 Å². The molecule has 0 aliphatic heterocycles. The Morgan fingerprint density at radius 2 is 2.00 bits per heavy atom. The highest BCUT2D eigenvalue weighted by Crippen LogP contribution is 2.13. The maximum atomic E-state index is 8.51. The molecule has 1 aromatic carbocycles. The first-order valence-corrected chi connectivity index (χ1v) is 6.36. The van der Waals surface area contributed by atoms with Gasteiger partial charge in [0.15, 0.2) is 0 Å². The number of aromatic nitrogens is 1. The summed E-state index contributed by atoms with van der Waals surface area (Å²) < 4.78 is 5.65. The van der Waals surface area contributed by atoms with Gasteiger partial charge in [-0.25, -0.2) is 0 Å². The Kier molecular flexibility index (Phi) is 4.94. The topological polar surface area (TPSA) is 80.7 Å². The van der Waals surface area contributed by atoms with Gasteiger partial charge in [0.1, 0.15) is 11.6 Å². The first-order chi connectivity index (χ1) is 9.78. The summed E-state index contributed by atoms with van der Waals surface area (Å²) in [5, 5.41) is 11.5. The van der Waals surface area contributed by atoms with Gasteiger partial charge in [0.05, 0.1) is 6.61 Å². The van der Waals surface area contributed by atoms with Crippen LogP contribution in [0.2, 0.25) is 0 Å². The van der Waals surface area contributed by atoms with E-state index in [0.29, 0.717) is 13.0 Å². The van der Waals surface area contributed by atoms with Crippen LogP contribution in [0.1, 0.15) is 11.3 Å². The maximum absolute atomic E-state index is 8.51. The number of benzene rings is 1. The van der Waals surface area contributed by atoms with E-state index in [0.717, 1.165) is 23.4 Å². The number of pyridine rings is 1. The van der Waals surface area contributed by atoms with Crippen molar-refractivity contribution in [2.75, 3.05) is 6.61 Å². The molecule has 0 saturated carbocycles. The molecule has 0 radical (unpaired) electrons. The van der Waals surface area contributed by atoms with Gasteiger partial charge in [-0.3, -0.25) is 4.98 Å². The summed E-state index contributed by atoms with van der Waals surface area (Å²) in [4.78, 5) is 4.24. The van der Waals surface area contributed by atoms with Crippen molar-refractivity contribution in [2.45, 2.75) is 12.8 Å². The van der Waals surface area contributed by atoms with Gasteiger partial charge in [-0.05, 0) is 29.8 Å². The zero-order valence-electron chi connectivity index (χ0n) is 11.1. The average Bonchev–Trinajstić information content (AvgIpc) is 2.50. The molecule has 5 nitrogen and oxygen atoms in total. The minimum absolute atomic E-state index is 0.189. The lowest BCUT2D eigenvalue weighted by Crippen LogP contribution is -2.14. The lowest BCUT2D eigenvalue weighted by Gasteiger charge is -2.07. The second kappa shape index (κ2) is 7.13. The summed E-state index contributed by atoms with van der Waals surface area (Å²) in [6.07, 6.45) is 2.97. The summed E-state index contributed by atoms with van der Waals surface area (Å²) in [7, 11) is 0. The van der Waals surface area contributed by atoms with Crippen LogP contribution in [0.3, 0.4) is 0 Å². The molecule has 0 aliphatic carbocycles. The number of nitrogens with two attached hydrogens (primary N) is 1. The largest absolute Gasteiger partial charge is 0.493 e. The number of amidine groups is 1. The van der Waals surface area contributed by atoms with Crippen molar-refractivity contribution < 1.29 is 9.94 Å². The molecule has 0 spiro atoms. The zero-order chi connectivity index (χ0) is 14.2. The Bertz CT molecular complexity index is 553. The van der Waals surface area contributed by atoms with Crippen molar-refractivity contribution in [2.24, 2.45) is 10.9 Å². The summed E-state index contributed by atoms with van der Waals surface area (Å²) in [5.41, 5.74) is 7.43. The first kappa shape index (κ1) is 13.9. The van der Waals surface area contributed by atoms with Crippen molar-refractivity contribution in [3.63, 3.8) is 0 Å². The van der Waals surface area contributed by atoms with Crippen LogP contribution >= 0.6 is 0 Å². The van der Waals surface area contributed by atoms with E-state index in [1.54, 1.807) is 6.20 Å². The van der Waals surface area contributed by atoms with Gasteiger partial charge in [0.25, 0.3) is 0 Å². The monoisotopic (exact) mass is 271 g/mol. The van der Waals surface area contributed by atoms with Crippen LogP contribution < -0.4 is 10.5 Å². The van der Waals surface area contributed by atoms with E-state index in [1.165, 1.54) is 0 Å². The normalized spacial score (nSPS) is 11.3. The fourth-order valence-electron chi connectivity index (χ4n) is 1.77. The molecule has 1 aromatic heterocycles. The molecule has 0 unspecified atom stereocenters. The van der Waals surface area contributed by atoms with Gasteiger partial charge in [-0.2, -0.15) is 0 Å². The quantitative estimate of drug-likeness (QED) is 0.364. The highest BCUT2D eigenvalue weighted by atomic mass is 16.5. The Balaban J connectivity index is 1.82. The van der Waals surface area contributed by atoms with Crippen LogP contribution in [-0.4, -0.2) is 22.6 Å². The maximum Gasteiger partial charge on any atom is 0.143 e. The van der Waals surface area contributed by atoms with E-state index in [1.807, 2.05) is 42.5 Å². The molecule has 3 N–H and O–H groups in total. The minimum Gasteiger partial charge on any atom is -0.493 e. The number of oxime groups is 1. The van der Waals surface area contributed by atoms with E-state index in [2.05, 4.69) is 10.1 Å². The molecule has 2 aromatic rings. The Morgan fingerprint density at radius 1 is 1.20 bits per heavy atom. The molecule has 0 atom stereocenters. The summed E-state index contributed by atoms with van der Waals surface area (Å²) in [5.74, 6) is 0.984. The molecule has 5 heteroatoms. The van der Waals surface area contributed by atoms with Crippen LogP contribution in [-0.2, 0) is 12.8 Å².